The van der Waals surface area contributed by atoms with E-state index in [2.05, 4.69) is 65.5 Å². The lowest BCUT2D eigenvalue weighted by atomic mass is 10.2. The molecule has 0 N–H and O–H groups in total. The topological polar surface area (TPSA) is 25.5 Å². The summed E-state index contributed by atoms with van der Waals surface area (Å²) in [6.07, 6.45) is 1.71. The molecule has 88 valence electrons. The molecule has 1 heterocycles. The highest BCUT2D eigenvalue weighted by Gasteiger charge is 2.03. The van der Waals surface area contributed by atoms with Gasteiger partial charge in [0.1, 0.15) is 5.76 Å². The second kappa shape index (κ2) is 5.67. The van der Waals surface area contributed by atoms with Crippen LogP contribution in [0.4, 0.5) is 5.69 Å². The van der Waals surface area contributed by atoms with Crippen molar-refractivity contribution in [3.8, 4) is 0 Å². The first-order valence-corrected chi connectivity index (χ1v) is 7.48. The molecule has 17 heavy (non-hydrogen) atoms. The Hall–Kier alpha value is -0.140. The van der Waals surface area contributed by atoms with Crippen molar-refractivity contribution >= 4 is 66.4 Å². The normalized spacial score (nSPS) is 11.3. The van der Waals surface area contributed by atoms with Crippen LogP contribution in [-0.4, -0.2) is 6.21 Å². The van der Waals surface area contributed by atoms with Gasteiger partial charge >= 0.3 is 0 Å². The Morgan fingerprint density at radius 2 is 2.06 bits per heavy atom. The van der Waals surface area contributed by atoms with Crippen molar-refractivity contribution in [3.63, 3.8) is 0 Å². The van der Waals surface area contributed by atoms with Crippen molar-refractivity contribution in [1.82, 2.24) is 0 Å². The molecule has 5 heteroatoms. The van der Waals surface area contributed by atoms with Gasteiger partial charge in [-0.05, 0) is 85.1 Å². The fraction of sp³-hybridized carbons (Fsp3) is 0.0833. The lowest BCUT2D eigenvalue weighted by molar-refractivity contribution is 0.533. The average molecular weight is 469 g/mol. The highest BCUT2D eigenvalue weighted by atomic mass is 127. The second-order valence-corrected chi connectivity index (χ2v) is 6.28. The van der Waals surface area contributed by atoms with E-state index in [0.717, 1.165) is 15.7 Å². The Morgan fingerprint density at radius 3 is 2.65 bits per heavy atom. The quantitative estimate of drug-likeness (QED) is 0.424. The Kier molecular flexibility index (Phi) is 4.43. The monoisotopic (exact) mass is 467 g/mol. The third kappa shape index (κ3) is 3.42. The summed E-state index contributed by atoms with van der Waals surface area (Å²) in [4.78, 5) is 4.41. The summed E-state index contributed by atoms with van der Waals surface area (Å²) >= 11 is 8.94. The summed E-state index contributed by atoms with van der Waals surface area (Å²) in [5, 5.41) is 0. The van der Waals surface area contributed by atoms with E-state index in [1.54, 1.807) is 6.21 Å². The number of hydrogen-bond acceptors (Lipinski definition) is 2. The van der Waals surface area contributed by atoms with Gasteiger partial charge in [0, 0.05) is 9.64 Å². The third-order valence-corrected chi connectivity index (χ3v) is 4.54. The van der Waals surface area contributed by atoms with Crippen LogP contribution in [0.2, 0.25) is 0 Å². The molecule has 0 fully saturated rings. The number of aliphatic imine (C=N–C) groups is 1. The molecule has 0 bridgehead atoms. The van der Waals surface area contributed by atoms with E-state index < -0.39 is 0 Å². The third-order valence-electron chi connectivity index (χ3n) is 2.15. The SMILES string of the molecule is Cc1cc(I)ccc1N=Cc1cc(Br)c(Br)o1. The number of nitrogens with zero attached hydrogens (tertiary/aromatic N) is 1. The van der Waals surface area contributed by atoms with Crippen molar-refractivity contribution < 1.29 is 4.42 Å². The molecule has 0 atom stereocenters. The van der Waals surface area contributed by atoms with Crippen molar-refractivity contribution in [1.29, 1.82) is 0 Å². The predicted molar refractivity (Wildman–Crippen MR) is 85.3 cm³/mol. The van der Waals surface area contributed by atoms with Crippen LogP contribution in [0.1, 0.15) is 11.3 Å². The maximum absolute atomic E-state index is 5.42. The molecule has 0 aliphatic rings. The van der Waals surface area contributed by atoms with Crippen LogP contribution >= 0.6 is 54.5 Å². The molecular formula is C12H8Br2INO. The lowest BCUT2D eigenvalue weighted by Gasteiger charge is -1.99. The zero-order chi connectivity index (χ0) is 12.4. The molecule has 0 spiro atoms. The molecule has 0 radical (unpaired) electrons. The van der Waals surface area contributed by atoms with Crippen LogP contribution < -0.4 is 0 Å². The van der Waals surface area contributed by atoms with Crippen LogP contribution in [0, 0.1) is 10.5 Å². The fourth-order valence-electron chi connectivity index (χ4n) is 1.32. The molecule has 0 amide bonds. The zero-order valence-corrected chi connectivity index (χ0v) is 14.2. The van der Waals surface area contributed by atoms with Gasteiger partial charge in [-0.15, -0.1) is 0 Å². The second-order valence-electron chi connectivity index (χ2n) is 3.46. The number of hydrogen-bond donors (Lipinski definition) is 0. The van der Waals surface area contributed by atoms with E-state index in [0.29, 0.717) is 10.4 Å². The summed E-state index contributed by atoms with van der Waals surface area (Å²) in [7, 11) is 0. The smallest absolute Gasteiger partial charge is 0.184 e. The largest absolute Gasteiger partial charge is 0.447 e. The highest BCUT2D eigenvalue weighted by Crippen LogP contribution is 2.26. The van der Waals surface area contributed by atoms with Gasteiger partial charge in [-0.25, -0.2) is 0 Å². The van der Waals surface area contributed by atoms with Crippen molar-refractivity contribution in [2.45, 2.75) is 6.92 Å². The van der Waals surface area contributed by atoms with Crippen LogP contribution in [0.25, 0.3) is 0 Å². The van der Waals surface area contributed by atoms with Crippen LogP contribution in [0.15, 0.2) is 42.8 Å². The molecule has 1 aromatic carbocycles. The van der Waals surface area contributed by atoms with Gasteiger partial charge in [0.2, 0.25) is 0 Å². The molecule has 0 aliphatic carbocycles. The Bertz CT molecular complexity index is 558. The molecular weight excluding hydrogens is 461 g/mol. The molecule has 1 aromatic heterocycles. The van der Waals surface area contributed by atoms with E-state index in [1.807, 2.05) is 25.1 Å². The number of aryl methyl sites for hydroxylation is 1. The molecule has 2 rings (SSSR count). The lowest BCUT2D eigenvalue weighted by Crippen LogP contribution is -1.79. The maximum atomic E-state index is 5.42. The van der Waals surface area contributed by atoms with Gasteiger partial charge in [0.25, 0.3) is 0 Å². The first-order chi connectivity index (χ1) is 8.06. The van der Waals surface area contributed by atoms with Crippen molar-refractivity contribution in [2.24, 2.45) is 4.99 Å². The minimum absolute atomic E-state index is 0.679. The van der Waals surface area contributed by atoms with E-state index in [4.69, 9.17) is 4.42 Å². The van der Waals surface area contributed by atoms with Crippen LogP contribution in [0.5, 0.6) is 0 Å². The van der Waals surface area contributed by atoms with Gasteiger partial charge in [-0.3, -0.25) is 4.99 Å². The standard InChI is InChI=1S/C12H8Br2INO/c1-7-4-8(15)2-3-11(7)16-6-9-5-10(13)12(14)17-9/h2-6H,1H3. The summed E-state index contributed by atoms with van der Waals surface area (Å²) in [6, 6.07) is 8.01. The first kappa shape index (κ1) is 13.3. The van der Waals surface area contributed by atoms with E-state index in [9.17, 15) is 0 Å². The number of halogens is 3. The molecule has 0 saturated carbocycles. The average Bonchev–Trinajstić information content (AvgIpc) is 2.57. The van der Waals surface area contributed by atoms with Gasteiger partial charge in [0.15, 0.2) is 4.67 Å². The van der Waals surface area contributed by atoms with Crippen molar-refractivity contribution in [2.75, 3.05) is 0 Å². The predicted octanol–water partition coefficient (Wildman–Crippen LogP) is 5.47. The molecule has 0 unspecified atom stereocenters. The van der Waals surface area contributed by atoms with E-state index in [-0.39, 0.29) is 0 Å². The number of furan rings is 1. The Balaban J connectivity index is 2.25. The maximum Gasteiger partial charge on any atom is 0.184 e. The van der Waals surface area contributed by atoms with Gasteiger partial charge < -0.3 is 4.42 Å². The molecule has 0 aliphatic heterocycles. The van der Waals surface area contributed by atoms with Gasteiger partial charge in [-0.1, -0.05) is 0 Å². The minimum atomic E-state index is 0.679. The van der Waals surface area contributed by atoms with Gasteiger partial charge in [0.05, 0.1) is 16.4 Å². The minimum Gasteiger partial charge on any atom is -0.447 e. The number of benzene rings is 1. The number of rotatable bonds is 2. The van der Waals surface area contributed by atoms with Crippen molar-refractivity contribution in [3.05, 3.63) is 48.3 Å². The van der Waals surface area contributed by atoms with E-state index >= 15 is 0 Å². The first-order valence-electron chi connectivity index (χ1n) is 4.81. The Morgan fingerprint density at radius 1 is 1.29 bits per heavy atom. The highest BCUT2D eigenvalue weighted by molar-refractivity contribution is 14.1. The van der Waals surface area contributed by atoms with Gasteiger partial charge in [-0.2, -0.15) is 0 Å². The molecule has 2 nitrogen and oxygen atoms in total. The van der Waals surface area contributed by atoms with Crippen LogP contribution in [-0.2, 0) is 0 Å². The zero-order valence-electron chi connectivity index (χ0n) is 8.88. The summed E-state index contributed by atoms with van der Waals surface area (Å²) in [5.41, 5.74) is 2.10. The summed E-state index contributed by atoms with van der Waals surface area (Å²) in [6.45, 7) is 2.04. The molecule has 0 saturated heterocycles. The van der Waals surface area contributed by atoms with E-state index in [1.165, 1.54) is 3.57 Å². The molecule has 2 aromatic rings. The van der Waals surface area contributed by atoms with Crippen LogP contribution in [0.3, 0.4) is 0 Å². The fourth-order valence-corrected chi connectivity index (χ4v) is 2.58. The summed E-state index contributed by atoms with van der Waals surface area (Å²) < 4.78 is 8.20. The summed E-state index contributed by atoms with van der Waals surface area (Å²) in [5.74, 6) is 0.710. The Labute approximate surface area is 130 Å².